The Morgan fingerprint density at radius 1 is 0.759 bits per heavy atom. The number of hydrogen-bond donors (Lipinski definition) is 1. The molecule has 3 nitrogen and oxygen atoms in total. The first-order chi connectivity index (χ1) is 14.1. The van der Waals surface area contributed by atoms with Crippen molar-refractivity contribution >= 4 is 29.1 Å². The maximum Gasteiger partial charge on any atom is 0.236 e. The molecule has 0 bridgehead atoms. The molecule has 150 valence electrons. The molecule has 0 aromatic heterocycles. The first kappa shape index (κ1) is 21.2. The van der Waals surface area contributed by atoms with Gasteiger partial charge in [0.15, 0.2) is 0 Å². The van der Waals surface area contributed by atoms with E-state index in [9.17, 15) is 4.79 Å². The smallest absolute Gasteiger partial charge is 0.236 e. The van der Waals surface area contributed by atoms with Gasteiger partial charge in [0.25, 0.3) is 0 Å². The number of hydrogen-bond acceptors (Lipinski definition) is 2. The van der Waals surface area contributed by atoms with Gasteiger partial charge in [0.05, 0.1) is 12.7 Å². The molecule has 0 fully saturated rings. The summed E-state index contributed by atoms with van der Waals surface area (Å²) in [4.78, 5) is 13.5. The van der Waals surface area contributed by atoms with Crippen molar-refractivity contribution in [1.29, 1.82) is 0 Å². The van der Waals surface area contributed by atoms with E-state index in [1.807, 2.05) is 0 Å². The third kappa shape index (κ3) is 5.12. The predicted molar refractivity (Wildman–Crippen MR) is 126 cm³/mol. The van der Waals surface area contributed by atoms with Gasteiger partial charge < -0.3 is 10.2 Å². The first-order valence-corrected chi connectivity index (χ1v) is 12.1. The molecule has 3 aromatic carbocycles. The third-order valence-corrected chi connectivity index (χ3v) is 9.74. The summed E-state index contributed by atoms with van der Waals surface area (Å²) in [6.07, 6.45) is 2.07. The SMILES string of the molecule is CN(C)C(=O)CNCCC[P+](c1ccccc1)(c1ccccc1)c1ccccc1. The minimum atomic E-state index is -1.77. The molecule has 4 heteroatoms. The van der Waals surface area contributed by atoms with E-state index >= 15 is 0 Å². The fourth-order valence-corrected chi connectivity index (χ4v) is 8.02. The molecule has 1 N–H and O–H groups in total. The molecule has 0 aliphatic carbocycles. The molecule has 0 radical (unpaired) electrons. The summed E-state index contributed by atoms with van der Waals surface area (Å²) >= 11 is 0. The number of benzene rings is 3. The van der Waals surface area contributed by atoms with Gasteiger partial charge in [-0.1, -0.05) is 54.6 Å². The summed E-state index contributed by atoms with van der Waals surface area (Å²) < 4.78 is 0. The minimum Gasteiger partial charge on any atom is -0.348 e. The monoisotopic (exact) mass is 405 g/mol. The Kier molecular flexibility index (Phi) is 7.57. The molecule has 0 aliphatic rings. The fourth-order valence-electron chi connectivity index (χ4n) is 3.68. The highest BCUT2D eigenvalue weighted by Gasteiger charge is 2.44. The van der Waals surface area contributed by atoms with Crippen LogP contribution in [-0.4, -0.2) is 44.2 Å². The number of carbonyl (C=O) groups excluding carboxylic acids is 1. The summed E-state index contributed by atoms with van der Waals surface area (Å²) in [5.41, 5.74) is 0. The van der Waals surface area contributed by atoms with E-state index in [-0.39, 0.29) is 5.91 Å². The molecule has 0 atom stereocenters. The summed E-state index contributed by atoms with van der Waals surface area (Å²) in [5.74, 6) is 0.111. The van der Waals surface area contributed by atoms with Crippen LogP contribution in [0.25, 0.3) is 0 Å². The molecule has 0 heterocycles. The number of amides is 1. The van der Waals surface area contributed by atoms with Crippen molar-refractivity contribution in [3.63, 3.8) is 0 Å². The topological polar surface area (TPSA) is 32.3 Å². The Balaban J connectivity index is 1.92. The van der Waals surface area contributed by atoms with Gasteiger partial charge in [0.2, 0.25) is 5.91 Å². The maximum absolute atomic E-state index is 11.8. The lowest BCUT2D eigenvalue weighted by molar-refractivity contribution is -0.127. The van der Waals surface area contributed by atoms with Crippen LogP contribution in [-0.2, 0) is 4.79 Å². The summed E-state index contributed by atoms with van der Waals surface area (Å²) in [5, 5.41) is 7.53. The molecule has 1 amide bonds. The number of carbonyl (C=O) groups is 1. The van der Waals surface area contributed by atoms with Crippen LogP contribution in [0.3, 0.4) is 0 Å². The number of likely N-dealkylation sites (N-methyl/N-ethyl adjacent to an activating group) is 1. The van der Waals surface area contributed by atoms with E-state index in [0.29, 0.717) is 6.54 Å². The highest BCUT2D eigenvalue weighted by Crippen LogP contribution is 2.55. The molecule has 3 aromatic rings. The number of nitrogens with one attached hydrogen (secondary N) is 1. The first-order valence-electron chi connectivity index (χ1n) is 10.1. The molecule has 29 heavy (non-hydrogen) atoms. The number of rotatable bonds is 9. The lowest BCUT2D eigenvalue weighted by Crippen LogP contribution is -2.36. The quantitative estimate of drug-likeness (QED) is 0.438. The summed E-state index contributed by atoms with van der Waals surface area (Å²) in [6.45, 7) is 1.22. The number of nitrogens with zero attached hydrogens (tertiary/aromatic N) is 1. The average Bonchev–Trinajstić information content (AvgIpc) is 2.78. The Morgan fingerprint density at radius 2 is 1.17 bits per heavy atom. The molecule has 0 saturated carbocycles. The molecule has 0 aliphatic heterocycles. The van der Waals surface area contributed by atoms with Crippen LogP contribution in [0.2, 0.25) is 0 Å². The summed E-state index contributed by atoms with van der Waals surface area (Å²) in [7, 11) is 1.81. The van der Waals surface area contributed by atoms with Gasteiger partial charge in [0, 0.05) is 14.1 Å². The Hall–Kier alpha value is -2.48. The van der Waals surface area contributed by atoms with Crippen LogP contribution < -0.4 is 21.2 Å². The maximum atomic E-state index is 11.8. The molecule has 0 saturated heterocycles. The van der Waals surface area contributed by atoms with Crippen molar-refractivity contribution in [3.05, 3.63) is 91.0 Å². The minimum absolute atomic E-state index is 0.111. The van der Waals surface area contributed by atoms with Crippen LogP contribution >= 0.6 is 7.26 Å². The van der Waals surface area contributed by atoms with Gasteiger partial charge in [-0.15, -0.1) is 0 Å². The Labute approximate surface area is 175 Å². The lowest BCUT2D eigenvalue weighted by Gasteiger charge is -2.27. The van der Waals surface area contributed by atoms with Crippen molar-refractivity contribution in [1.82, 2.24) is 10.2 Å². The van der Waals surface area contributed by atoms with Crippen LogP contribution in [0.15, 0.2) is 91.0 Å². The fraction of sp³-hybridized carbons (Fsp3) is 0.240. The normalized spacial score (nSPS) is 11.2. The highest BCUT2D eigenvalue weighted by atomic mass is 31.2. The van der Waals surface area contributed by atoms with E-state index in [4.69, 9.17) is 0 Å². The van der Waals surface area contributed by atoms with Crippen molar-refractivity contribution in [3.8, 4) is 0 Å². The van der Waals surface area contributed by atoms with E-state index in [1.165, 1.54) is 15.9 Å². The lowest BCUT2D eigenvalue weighted by atomic mass is 10.3. The molecular formula is C25H30N2OP+. The highest BCUT2D eigenvalue weighted by molar-refractivity contribution is 7.95. The largest absolute Gasteiger partial charge is 0.348 e. The van der Waals surface area contributed by atoms with Crippen LogP contribution in [0, 0.1) is 0 Å². The van der Waals surface area contributed by atoms with E-state index in [0.717, 1.165) is 19.1 Å². The van der Waals surface area contributed by atoms with E-state index in [1.54, 1.807) is 19.0 Å². The zero-order valence-corrected chi connectivity index (χ0v) is 18.2. The van der Waals surface area contributed by atoms with Crippen LogP contribution in [0.1, 0.15) is 6.42 Å². The second-order valence-electron chi connectivity index (χ2n) is 7.36. The second-order valence-corrected chi connectivity index (χ2v) is 11.0. The zero-order valence-electron chi connectivity index (χ0n) is 17.3. The molecule has 0 spiro atoms. The van der Waals surface area contributed by atoms with E-state index < -0.39 is 7.26 Å². The third-order valence-electron chi connectivity index (χ3n) is 5.21. The van der Waals surface area contributed by atoms with Gasteiger partial charge in [0.1, 0.15) is 23.2 Å². The van der Waals surface area contributed by atoms with Crippen molar-refractivity contribution < 1.29 is 4.79 Å². The zero-order chi connectivity index (χ0) is 20.5. The molecular weight excluding hydrogens is 375 g/mol. The summed E-state index contributed by atoms with van der Waals surface area (Å²) in [6, 6.07) is 32.8. The van der Waals surface area contributed by atoms with E-state index in [2.05, 4.69) is 96.3 Å². The van der Waals surface area contributed by atoms with Crippen LogP contribution in [0.5, 0.6) is 0 Å². The van der Waals surface area contributed by atoms with Gasteiger partial charge in [-0.3, -0.25) is 4.79 Å². The van der Waals surface area contributed by atoms with Gasteiger partial charge in [-0.2, -0.15) is 0 Å². The van der Waals surface area contributed by atoms with Crippen LogP contribution in [0.4, 0.5) is 0 Å². The molecule has 3 rings (SSSR count). The standard InChI is InChI=1S/C25H30N2OP/c1-27(2)25(28)21-26-19-12-20-29(22-13-6-3-7-14-22,23-15-8-4-9-16-23)24-17-10-5-11-18-24/h3-11,13-18,26H,12,19-21H2,1-2H3/q+1. The van der Waals surface area contributed by atoms with Crippen molar-refractivity contribution in [2.24, 2.45) is 0 Å². The Bertz CT molecular complexity index is 786. The van der Waals surface area contributed by atoms with Gasteiger partial charge >= 0.3 is 0 Å². The van der Waals surface area contributed by atoms with Gasteiger partial charge in [-0.05, 0) is 49.4 Å². The average molecular weight is 406 g/mol. The second kappa shape index (κ2) is 10.3. The van der Waals surface area contributed by atoms with Crippen molar-refractivity contribution in [2.45, 2.75) is 6.42 Å². The molecule has 0 unspecified atom stereocenters. The predicted octanol–water partition coefficient (Wildman–Crippen LogP) is 3.05. The van der Waals surface area contributed by atoms with Crippen molar-refractivity contribution in [2.75, 3.05) is 33.3 Å². The Morgan fingerprint density at radius 3 is 1.55 bits per heavy atom. The van der Waals surface area contributed by atoms with Gasteiger partial charge in [-0.25, -0.2) is 0 Å².